The first kappa shape index (κ1) is 19.5. The Morgan fingerprint density at radius 3 is 2.67 bits per heavy atom. The van der Waals surface area contributed by atoms with Crippen LogP contribution in [0.2, 0.25) is 0 Å². The first-order chi connectivity index (χ1) is 14.6. The van der Waals surface area contributed by atoms with E-state index in [-0.39, 0.29) is 5.91 Å². The second kappa shape index (κ2) is 8.66. The van der Waals surface area contributed by atoms with Crippen LogP contribution in [0.5, 0.6) is 5.75 Å². The molecular weight excluding hydrogens is 381 g/mol. The number of carbonyl (C=O) groups is 1. The summed E-state index contributed by atoms with van der Waals surface area (Å²) in [6.45, 7) is 0.835. The molecule has 3 aromatic rings. The Labute approximate surface area is 174 Å². The average Bonchev–Trinajstić information content (AvgIpc) is 3.13. The molecule has 1 atom stereocenters. The van der Waals surface area contributed by atoms with E-state index < -0.39 is 11.9 Å². The summed E-state index contributed by atoms with van der Waals surface area (Å²) in [5.41, 5.74) is 2.63. The normalized spacial score (nSPS) is 15.7. The van der Waals surface area contributed by atoms with Crippen molar-refractivity contribution in [2.45, 2.75) is 19.1 Å². The van der Waals surface area contributed by atoms with Crippen LogP contribution in [0.15, 0.2) is 72.8 Å². The van der Waals surface area contributed by atoms with Crippen LogP contribution in [-0.4, -0.2) is 18.5 Å². The molecule has 1 saturated heterocycles. The fourth-order valence-electron chi connectivity index (χ4n) is 3.47. The monoisotopic (exact) mass is 401 g/mol. The Morgan fingerprint density at radius 2 is 1.90 bits per heavy atom. The van der Waals surface area contributed by atoms with Gasteiger partial charge < -0.3 is 15.0 Å². The molecule has 0 bridgehead atoms. The van der Waals surface area contributed by atoms with Gasteiger partial charge in [-0.1, -0.05) is 24.3 Å². The highest BCUT2D eigenvalue weighted by atomic mass is 19.1. The summed E-state index contributed by atoms with van der Waals surface area (Å²) in [5.74, 6) is 0.153. The van der Waals surface area contributed by atoms with Crippen molar-refractivity contribution in [3.8, 4) is 11.8 Å². The van der Waals surface area contributed by atoms with Gasteiger partial charge in [-0.3, -0.25) is 4.79 Å². The molecule has 0 aromatic heterocycles. The van der Waals surface area contributed by atoms with Crippen LogP contribution in [0.1, 0.15) is 17.5 Å². The number of anilines is 2. The van der Waals surface area contributed by atoms with Gasteiger partial charge in [-0.05, 0) is 60.5 Å². The molecule has 1 amide bonds. The van der Waals surface area contributed by atoms with Crippen molar-refractivity contribution >= 4 is 17.3 Å². The second-order valence-corrected chi connectivity index (χ2v) is 7.05. The van der Waals surface area contributed by atoms with Crippen LogP contribution in [0, 0.1) is 17.1 Å². The molecule has 1 N–H and O–H groups in total. The van der Waals surface area contributed by atoms with Crippen molar-refractivity contribution in [1.82, 2.24) is 0 Å². The largest absolute Gasteiger partial charge is 0.489 e. The summed E-state index contributed by atoms with van der Waals surface area (Å²) in [5, 5.41) is 12.2. The third kappa shape index (κ3) is 4.26. The Hall–Kier alpha value is -3.85. The van der Waals surface area contributed by atoms with Crippen LogP contribution < -0.4 is 15.0 Å². The van der Waals surface area contributed by atoms with Crippen molar-refractivity contribution in [3.05, 3.63) is 89.7 Å². The van der Waals surface area contributed by atoms with E-state index in [1.54, 1.807) is 30.3 Å². The highest BCUT2D eigenvalue weighted by Gasteiger charge is 2.33. The van der Waals surface area contributed by atoms with Crippen molar-refractivity contribution in [2.24, 2.45) is 0 Å². The molecule has 3 aromatic carbocycles. The van der Waals surface area contributed by atoms with Gasteiger partial charge in [-0.15, -0.1) is 0 Å². The predicted molar refractivity (Wildman–Crippen MR) is 113 cm³/mol. The number of amides is 1. The van der Waals surface area contributed by atoms with E-state index in [0.717, 1.165) is 11.3 Å². The number of hydrogen-bond acceptors (Lipinski definition) is 4. The summed E-state index contributed by atoms with van der Waals surface area (Å²) < 4.78 is 19.8. The molecule has 1 unspecified atom stereocenters. The summed E-state index contributed by atoms with van der Waals surface area (Å²) in [6.07, 6.45) is 0.598. The Kier molecular flexibility index (Phi) is 5.62. The molecule has 1 fully saturated rings. The molecule has 0 radical (unpaired) electrons. The lowest BCUT2D eigenvalue weighted by molar-refractivity contribution is -0.117. The zero-order valence-corrected chi connectivity index (χ0v) is 16.2. The molecule has 1 aliphatic heterocycles. The number of hydrogen-bond donors (Lipinski definition) is 1. The lowest BCUT2D eigenvalue weighted by atomic mass is 10.1. The van der Waals surface area contributed by atoms with E-state index in [0.29, 0.717) is 36.6 Å². The summed E-state index contributed by atoms with van der Waals surface area (Å²) in [7, 11) is 0. The third-order valence-electron chi connectivity index (χ3n) is 5.01. The molecule has 5 nitrogen and oxygen atoms in total. The van der Waals surface area contributed by atoms with Gasteiger partial charge in [-0.25, -0.2) is 4.39 Å². The van der Waals surface area contributed by atoms with Crippen molar-refractivity contribution in [1.29, 1.82) is 5.26 Å². The molecule has 4 rings (SSSR count). The number of nitrogens with zero attached hydrogens (tertiary/aromatic N) is 2. The van der Waals surface area contributed by atoms with Gasteiger partial charge in [0.25, 0.3) is 0 Å². The third-order valence-corrected chi connectivity index (χ3v) is 5.01. The van der Waals surface area contributed by atoms with E-state index in [9.17, 15) is 9.18 Å². The first-order valence-corrected chi connectivity index (χ1v) is 9.68. The fourth-order valence-corrected chi connectivity index (χ4v) is 3.47. The maximum absolute atomic E-state index is 14.0. The fraction of sp³-hybridized carbons (Fsp3) is 0.167. The minimum absolute atomic E-state index is 0.141. The van der Waals surface area contributed by atoms with Gasteiger partial charge in [0, 0.05) is 12.2 Å². The number of ether oxygens (including phenoxy) is 1. The van der Waals surface area contributed by atoms with E-state index in [1.807, 2.05) is 36.4 Å². The van der Waals surface area contributed by atoms with Gasteiger partial charge in [-0.2, -0.15) is 5.26 Å². The lowest BCUT2D eigenvalue weighted by Crippen LogP contribution is -2.33. The van der Waals surface area contributed by atoms with Crippen LogP contribution in [0.4, 0.5) is 15.8 Å². The molecule has 30 heavy (non-hydrogen) atoms. The number of para-hydroxylation sites is 1. The van der Waals surface area contributed by atoms with E-state index in [1.165, 1.54) is 11.0 Å². The number of nitriles is 1. The van der Waals surface area contributed by atoms with E-state index in [4.69, 9.17) is 10.00 Å². The highest BCUT2D eigenvalue weighted by Crippen LogP contribution is 2.26. The Bertz CT molecular complexity index is 1090. The molecule has 150 valence electrons. The number of rotatable bonds is 6. The molecule has 6 heteroatoms. The quantitative estimate of drug-likeness (QED) is 0.661. The maximum atomic E-state index is 14.0. The van der Waals surface area contributed by atoms with Crippen LogP contribution in [0.25, 0.3) is 0 Å². The van der Waals surface area contributed by atoms with Gasteiger partial charge in [0.15, 0.2) is 0 Å². The number of carbonyl (C=O) groups excluding carboxylic acids is 1. The number of nitrogens with one attached hydrogen (secondary N) is 1. The topological polar surface area (TPSA) is 65.4 Å². The van der Waals surface area contributed by atoms with Gasteiger partial charge in [0.1, 0.15) is 24.2 Å². The maximum Gasteiger partial charge on any atom is 0.249 e. The molecule has 0 aliphatic carbocycles. The van der Waals surface area contributed by atoms with E-state index in [2.05, 4.69) is 11.4 Å². The van der Waals surface area contributed by atoms with Gasteiger partial charge in [0.2, 0.25) is 5.91 Å². The zero-order valence-electron chi connectivity index (χ0n) is 16.2. The van der Waals surface area contributed by atoms with Crippen molar-refractivity contribution in [2.75, 3.05) is 16.8 Å². The minimum atomic E-state index is -0.398. The highest BCUT2D eigenvalue weighted by molar-refractivity contribution is 6.01. The van der Waals surface area contributed by atoms with Crippen molar-refractivity contribution in [3.63, 3.8) is 0 Å². The molecule has 1 aliphatic rings. The Balaban J connectivity index is 1.35. The molecular formula is C24H20FN3O2. The molecule has 0 spiro atoms. The summed E-state index contributed by atoms with van der Waals surface area (Å²) >= 11 is 0. The predicted octanol–water partition coefficient (Wildman–Crippen LogP) is 4.49. The number of halogens is 1. The minimum Gasteiger partial charge on any atom is -0.489 e. The Morgan fingerprint density at radius 1 is 1.10 bits per heavy atom. The lowest BCUT2D eigenvalue weighted by Gasteiger charge is -2.18. The van der Waals surface area contributed by atoms with E-state index >= 15 is 0 Å². The smallest absolute Gasteiger partial charge is 0.249 e. The standard InChI is InChI=1S/C24H20FN3O2/c25-21-6-1-2-7-23(21)28-13-12-22(24(28)29)27-19-8-10-20(11-9-19)30-16-18-5-3-4-17(14-18)15-26/h1-11,14,22,27H,12-13,16H2. The number of benzene rings is 3. The van der Waals surface area contributed by atoms with Gasteiger partial charge in [0.05, 0.1) is 17.3 Å². The zero-order chi connectivity index (χ0) is 20.9. The summed E-state index contributed by atoms with van der Waals surface area (Å²) in [4.78, 5) is 14.2. The van der Waals surface area contributed by atoms with Gasteiger partial charge >= 0.3 is 0 Å². The van der Waals surface area contributed by atoms with Crippen LogP contribution in [0.3, 0.4) is 0 Å². The molecule has 0 saturated carbocycles. The molecule has 1 heterocycles. The first-order valence-electron chi connectivity index (χ1n) is 9.68. The van der Waals surface area contributed by atoms with Crippen LogP contribution >= 0.6 is 0 Å². The summed E-state index contributed by atoms with van der Waals surface area (Å²) in [6, 6.07) is 22.6. The second-order valence-electron chi connectivity index (χ2n) is 7.05. The SMILES string of the molecule is N#Cc1cccc(COc2ccc(NC3CCN(c4ccccc4F)C3=O)cc2)c1. The van der Waals surface area contributed by atoms with Crippen LogP contribution in [-0.2, 0) is 11.4 Å². The van der Waals surface area contributed by atoms with Crippen molar-refractivity contribution < 1.29 is 13.9 Å². The average molecular weight is 401 g/mol.